The molecule has 0 spiro atoms. The smallest absolute Gasteiger partial charge is 0.228 e. The van der Waals surface area contributed by atoms with Crippen LogP contribution in [0, 0.1) is 0 Å². The number of methoxy groups -OCH3 is 1. The minimum atomic E-state index is -0.0572. The number of hydrogen-bond donors (Lipinski definition) is 2. The number of anilines is 1. The summed E-state index contributed by atoms with van der Waals surface area (Å²) in [7, 11) is 1.62. The molecule has 28 heavy (non-hydrogen) atoms. The Kier molecular flexibility index (Phi) is 5.04. The summed E-state index contributed by atoms with van der Waals surface area (Å²) in [4.78, 5) is 15.7. The van der Waals surface area contributed by atoms with E-state index in [0.29, 0.717) is 11.4 Å². The minimum Gasteiger partial charge on any atom is -0.497 e. The van der Waals surface area contributed by atoms with Crippen LogP contribution in [0.5, 0.6) is 5.75 Å². The lowest BCUT2D eigenvalue weighted by atomic mass is 10.1. The van der Waals surface area contributed by atoms with Crippen LogP contribution in [0.4, 0.5) is 5.69 Å². The normalized spacial score (nSPS) is 10.8. The fourth-order valence-corrected chi connectivity index (χ4v) is 3.31. The van der Waals surface area contributed by atoms with Gasteiger partial charge in [0, 0.05) is 27.3 Å². The van der Waals surface area contributed by atoms with Crippen molar-refractivity contribution < 1.29 is 9.53 Å². The fraction of sp³-hybridized carbons (Fsp3) is 0.0870. The van der Waals surface area contributed by atoms with Gasteiger partial charge < -0.3 is 15.0 Å². The van der Waals surface area contributed by atoms with Crippen molar-refractivity contribution in [2.24, 2.45) is 0 Å². The number of benzene rings is 3. The second-order valence-electron chi connectivity index (χ2n) is 6.56. The van der Waals surface area contributed by atoms with Crippen LogP contribution in [-0.4, -0.2) is 18.0 Å². The van der Waals surface area contributed by atoms with Gasteiger partial charge in [-0.3, -0.25) is 4.79 Å². The number of nitrogens with one attached hydrogen (secondary N) is 2. The zero-order valence-electron chi connectivity index (χ0n) is 15.3. The first-order valence-electron chi connectivity index (χ1n) is 8.92. The molecule has 0 aliphatic carbocycles. The van der Waals surface area contributed by atoms with Crippen LogP contribution in [0.2, 0.25) is 5.02 Å². The van der Waals surface area contributed by atoms with E-state index >= 15 is 0 Å². The van der Waals surface area contributed by atoms with E-state index in [2.05, 4.69) is 16.4 Å². The highest BCUT2D eigenvalue weighted by atomic mass is 35.5. The monoisotopic (exact) mass is 390 g/mol. The van der Waals surface area contributed by atoms with Gasteiger partial charge in [0.2, 0.25) is 5.91 Å². The number of carbonyl (C=O) groups is 1. The molecule has 140 valence electrons. The van der Waals surface area contributed by atoms with E-state index in [1.807, 2.05) is 66.7 Å². The molecule has 1 amide bonds. The number of aromatic nitrogens is 1. The number of H-pyrrole nitrogens is 1. The lowest BCUT2D eigenvalue weighted by Crippen LogP contribution is -2.14. The van der Waals surface area contributed by atoms with Crippen molar-refractivity contribution >= 4 is 34.1 Å². The highest BCUT2D eigenvalue weighted by Crippen LogP contribution is 2.27. The summed E-state index contributed by atoms with van der Waals surface area (Å²) in [6, 6.07) is 23.1. The van der Waals surface area contributed by atoms with Crippen molar-refractivity contribution in [1.82, 2.24) is 4.98 Å². The van der Waals surface area contributed by atoms with Crippen molar-refractivity contribution in [3.05, 3.63) is 83.4 Å². The summed E-state index contributed by atoms with van der Waals surface area (Å²) in [5.41, 5.74) is 4.79. The van der Waals surface area contributed by atoms with E-state index in [-0.39, 0.29) is 5.91 Å². The molecule has 0 unspecified atom stereocenters. The maximum Gasteiger partial charge on any atom is 0.228 e. The molecule has 2 N–H and O–H groups in total. The molecule has 3 aromatic carbocycles. The Morgan fingerprint density at radius 1 is 1.00 bits per heavy atom. The van der Waals surface area contributed by atoms with Crippen LogP contribution >= 0.6 is 11.6 Å². The maximum absolute atomic E-state index is 12.3. The van der Waals surface area contributed by atoms with E-state index in [0.717, 1.165) is 39.2 Å². The molecule has 1 aromatic heterocycles. The summed E-state index contributed by atoms with van der Waals surface area (Å²) >= 11 is 6.06. The van der Waals surface area contributed by atoms with E-state index in [9.17, 15) is 4.79 Å². The zero-order valence-corrected chi connectivity index (χ0v) is 16.1. The van der Waals surface area contributed by atoms with Gasteiger partial charge in [0.25, 0.3) is 0 Å². The predicted octanol–water partition coefficient (Wildman–Crippen LogP) is 5.68. The highest BCUT2D eigenvalue weighted by Gasteiger charge is 2.07. The standard InChI is InChI=1S/C23H19ClN2O2/c1-28-20-9-2-15(3-10-20)12-23(27)25-19-7-4-16(5-8-19)22-14-17-13-18(24)6-11-21(17)26-22/h2-11,13-14,26H,12H2,1H3,(H,25,27). The van der Waals surface area contributed by atoms with Crippen LogP contribution in [0.25, 0.3) is 22.2 Å². The number of aromatic amines is 1. The molecular formula is C23H19ClN2O2. The molecule has 0 saturated heterocycles. The van der Waals surface area contributed by atoms with Crippen LogP contribution in [0.15, 0.2) is 72.8 Å². The summed E-state index contributed by atoms with van der Waals surface area (Å²) < 4.78 is 5.13. The Morgan fingerprint density at radius 3 is 2.46 bits per heavy atom. The van der Waals surface area contributed by atoms with Gasteiger partial charge in [0.1, 0.15) is 5.75 Å². The minimum absolute atomic E-state index is 0.0572. The molecule has 0 atom stereocenters. The molecule has 1 heterocycles. The first-order valence-corrected chi connectivity index (χ1v) is 9.30. The maximum atomic E-state index is 12.3. The summed E-state index contributed by atoms with van der Waals surface area (Å²) in [6.07, 6.45) is 0.314. The molecule has 0 saturated carbocycles. The molecule has 5 heteroatoms. The van der Waals surface area contributed by atoms with Crippen LogP contribution < -0.4 is 10.1 Å². The second-order valence-corrected chi connectivity index (χ2v) is 7.00. The van der Waals surface area contributed by atoms with Gasteiger partial charge in [-0.05, 0) is 59.7 Å². The molecule has 4 aromatic rings. The average molecular weight is 391 g/mol. The first kappa shape index (κ1) is 18.1. The molecule has 4 nitrogen and oxygen atoms in total. The Hall–Kier alpha value is -3.24. The van der Waals surface area contributed by atoms with Crippen molar-refractivity contribution in [1.29, 1.82) is 0 Å². The van der Waals surface area contributed by atoms with Gasteiger partial charge in [-0.2, -0.15) is 0 Å². The topological polar surface area (TPSA) is 54.1 Å². The van der Waals surface area contributed by atoms with E-state index in [1.54, 1.807) is 7.11 Å². The molecule has 0 bridgehead atoms. The van der Waals surface area contributed by atoms with Crippen molar-refractivity contribution in [2.45, 2.75) is 6.42 Å². The van der Waals surface area contributed by atoms with Gasteiger partial charge in [-0.15, -0.1) is 0 Å². The number of rotatable bonds is 5. The Labute approximate surface area is 168 Å². The number of halogens is 1. The number of ether oxygens (including phenoxy) is 1. The Bertz CT molecular complexity index is 1120. The predicted molar refractivity (Wildman–Crippen MR) is 114 cm³/mol. The van der Waals surface area contributed by atoms with Crippen LogP contribution in [0.1, 0.15) is 5.56 Å². The highest BCUT2D eigenvalue weighted by molar-refractivity contribution is 6.31. The second kappa shape index (κ2) is 7.79. The lowest BCUT2D eigenvalue weighted by molar-refractivity contribution is -0.115. The number of hydrogen-bond acceptors (Lipinski definition) is 2. The average Bonchev–Trinajstić information content (AvgIpc) is 3.12. The quantitative estimate of drug-likeness (QED) is 0.460. The molecule has 0 aliphatic heterocycles. The number of carbonyl (C=O) groups excluding carboxylic acids is 1. The SMILES string of the molecule is COc1ccc(CC(=O)Nc2ccc(-c3cc4cc(Cl)ccc4[nH]3)cc2)cc1. The van der Waals surface area contributed by atoms with Crippen molar-refractivity contribution in [3.8, 4) is 17.0 Å². The van der Waals surface area contributed by atoms with Gasteiger partial charge in [0.15, 0.2) is 0 Å². The third kappa shape index (κ3) is 4.02. The zero-order chi connectivity index (χ0) is 19.5. The summed E-state index contributed by atoms with van der Waals surface area (Å²) in [5, 5.41) is 4.72. The molecule has 0 aliphatic rings. The van der Waals surface area contributed by atoms with Crippen molar-refractivity contribution in [3.63, 3.8) is 0 Å². The molecule has 0 fully saturated rings. The fourth-order valence-electron chi connectivity index (χ4n) is 3.13. The summed E-state index contributed by atoms with van der Waals surface area (Å²) in [5.74, 6) is 0.720. The largest absolute Gasteiger partial charge is 0.497 e. The number of fused-ring (bicyclic) bond motifs is 1. The lowest BCUT2D eigenvalue weighted by Gasteiger charge is -2.07. The van der Waals surface area contributed by atoms with Gasteiger partial charge in [0.05, 0.1) is 13.5 Å². The van der Waals surface area contributed by atoms with Crippen LogP contribution in [0.3, 0.4) is 0 Å². The van der Waals surface area contributed by atoms with Gasteiger partial charge in [-0.25, -0.2) is 0 Å². The molecular weight excluding hydrogens is 372 g/mol. The van der Waals surface area contributed by atoms with Gasteiger partial charge in [-0.1, -0.05) is 35.9 Å². The van der Waals surface area contributed by atoms with Gasteiger partial charge >= 0.3 is 0 Å². The van der Waals surface area contributed by atoms with E-state index < -0.39 is 0 Å². The third-order valence-electron chi connectivity index (χ3n) is 4.59. The van der Waals surface area contributed by atoms with Crippen LogP contribution in [-0.2, 0) is 11.2 Å². The third-order valence-corrected chi connectivity index (χ3v) is 4.82. The Balaban J connectivity index is 1.44. The van der Waals surface area contributed by atoms with E-state index in [4.69, 9.17) is 16.3 Å². The van der Waals surface area contributed by atoms with Crippen molar-refractivity contribution in [2.75, 3.05) is 12.4 Å². The Morgan fingerprint density at radius 2 is 1.75 bits per heavy atom. The molecule has 4 rings (SSSR count). The molecule has 0 radical (unpaired) electrons. The number of amides is 1. The summed E-state index contributed by atoms with van der Waals surface area (Å²) in [6.45, 7) is 0. The van der Waals surface area contributed by atoms with E-state index in [1.165, 1.54) is 0 Å². The first-order chi connectivity index (χ1) is 13.6.